The number of aromatic nitrogens is 1. The van der Waals surface area contributed by atoms with Gasteiger partial charge in [-0.15, -0.1) is 0 Å². The van der Waals surface area contributed by atoms with Crippen LogP contribution in [-0.4, -0.2) is 34.0 Å². The summed E-state index contributed by atoms with van der Waals surface area (Å²) in [4.78, 5) is 31.8. The highest BCUT2D eigenvalue weighted by atomic mass is 16.5. The number of carbonyl (C=O) groups excluding carboxylic acids is 2. The van der Waals surface area contributed by atoms with E-state index < -0.39 is 23.1 Å². The van der Waals surface area contributed by atoms with Crippen molar-refractivity contribution in [3.05, 3.63) is 65.1 Å². The molecule has 2 aromatic rings. The molecule has 0 aliphatic carbocycles. The van der Waals surface area contributed by atoms with E-state index in [1.165, 1.54) is 18.2 Å². The van der Waals surface area contributed by atoms with Crippen molar-refractivity contribution in [3.63, 3.8) is 0 Å². The van der Waals surface area contributed by atoms with Crippen molar-refractivity contribution >= 4 is 17.5 Å². The molecule has 0 radical (unpaired) electrons. The maximum absolute atomic E-state index is 13.2. The third kappa shape index (κ3) is 3.61. The first-order valence-electron chi connectivity index (χ1n) is 9.21. The van der Waals surface area contributed by atoms with E-state index in [4.69, 9.17) is 4.74 Å². The lowest BCUT2D eigenvalue weighted by atomic mass is 9.82. The van der Waals surface area contributed by atoms with E-state index in [-0.39, 0.29) is 23.8 Å². The van der Waals surface area contributed by atoms with Gasteiger partial charge in [-0.25, -0.2) is 4.98 Å². The topological polar surface area (TPSA) is 100.0 Å². The number of hydrogen-bond donors (Lipinski definition) is 2. The van der Waals surface area contributed by atoms with Crippen LogP contribution in [0.1, 0.15) is 37.9 Å². The van der Waals surface area contributed by atoms with Crippen molar-refractivity contribution in [2.45, 2.75) is 33.4 Å². The fraction of sp³-hybridized carbons (Fsp3) is 0.318. The predicted octanol–water partition coefficient (Wildman–Crippen LogP) is 3.10. The number of carbonyl (C=O) groups is 2. The van der Waals surface area contributed by atoms with Crippen molar-refractivity contribution < 1.29 is 24.5 Å². The van der Waals surface area contributed by atoms with E-state index in [2.05, 4.69) is 4.98 Å². The van der Waals surface area contributed by atoms with Crippen molar-refractivity contribution in [2.24, 2.45) is 5.41 Å². The molecule has 7 heteroatoms. The second kappa shape index (κ2) is 7.67. The molecule has 7 nitrogen and oxygen atoms in total. The third-order valence-corrected chi connectivity index (χ3v) is 4.81. The number of amides is 1. The Morgan fingerprint density at radius 2 is 1.90 bits per heavy atom. The van der Waals surface area contributed by atoms with Crippen molar-refractivity contribution in [3.8, 4) is 5.75 Å². The Morgan fingerprint density at radius 3 is 2.45 bits per heavy atom. The summed E-state index contributed by atoms with van der Waals surface area (Å²) in [7, 11) is 1.50. The highest BCUT2D eigenvalue weighted by molar-refractivity contribution is 6.17. The number of benzene rings is 1. The minimum Gasteiger partial charge on any atom is -0.503 e. The number of methoxy groups -OCH3 is 1. The zero-order valence-electron chi connectivity index (χ0n) is 16.8. The second-order valence-corrected chi connectivity index (χ2v) is 7.84. The van der Waals surface area contributed by atoms with Crippen LogP contribution in [0.25, 0.3) is 0 Å². The van der Waals surface area contributed by atoms with E-state index >= 15 is 0 Å². The quantitative estimate of drug-likeness (QED) is 0.806. The lowest BCUT2D eigenvalue weighted by molar-refractivity contribution is -0.123. The largest absolute Gasteiger partial charge is 0.503 e. The highest BCUT2D eigenvalue weighted by Gasteiger charge is 2.48. The Labute approximate surface area is 169 Å². The number of para-hydroxylation sites is 1. The standard InChI is InChI=1S/C22H24N2O5/c1-22(2,3)20(27)17-18(14-7-5-6-8-15(14)29-4)24(21(28)19(17)26)16-10-9-13(12-25)11-23-16/h5-11,18,25-26H,12H2,1-4H3. The number of Topliss-reactive ketones (excluding diaryl/α,β-unsaturated/α-hetero) is 1. The minimum atomic E-state index is -0.891. The molecule has 0 saturated carbocycles. The van der Waals surface area contributed by atoms with Gasteiger partial charge in [0.1, 0.15) is 17.6 Å². The summed E-state index contributed by atoms with van der Waals surface area (Å²) < 4.78 is 5.46. The molecule has 1 unspecified atom stereocenters. The molecule has 2 heterocycles. The van der Waals surface area contributed by atoms with E-state index in [1.807, 2.05) is 0 Å². The number of aliphatic hydroxyl groups is 2. The Balaban J connectivity index is 2.22. The summed E-state index contributed by atoms with van der Waals surface area (Å²) in [6.07, 6.45) is 1.45. The van der Waals surface area contributed by atoms with Crippen LogP contribution in [0.4, 0.5) is 5.82 Å². The first-order chi connectivity index (χ1) is 13.7. The number of ether oxygens (including phenoxy) is 1. The van der Waals surface area contributed by atoms with Gasteiger partial charge in [0, 0.05) is 17.2 Å². The van der Waals surface area contributed by atoms with Crippen LogP contribution in [0.3, 0.4) is 0 Å². The summed E-state index contributed by atoms with van der Waals surface area (Å²) in [6, 6.07) is 9.36. The molecule has 1 aliphatic rings. The number of ketones is 1. The predicted molar refractivity (Wildman–Crippen MR) is 107 cm³/mol. The monoisotopic (exact) mass is 396 g/mol. The number of pyridine rings is 1. The molecule has 152 valence electrons. The van der Waals surface area contributed by atoms with Crippen LogP contribution in [0.5, 0.6) is 5.75 Å². The van der Waals surface area contributed by atoms with Gasteiger partial charge in [-0.1, -0.05) is 45.0 Å². The van der Waals surface area contributed by atoms with E-state index in [1.54, 1.807) is 57.2 Å². The van der Waals surface area contributed by atoms with Gasteiger partial charge >= 0.3 is 0 Å². The lowest BCUT2D eigenvalue weighted by Gasteiger charge is -2.29. The van der Waals surface area contributed by atoms with Gasteiger partial charge in [0.15, 0.2) is 11.5 Å². The molecule has 3 rings (SSSR count). The van der Waals surface area contributed by atoms with Crippen LogP contribution in [-0.2, 0) is 16.2 Å². The molecule has 0 fully saturated rings. The van der Waals surface area contributed by atoms with Gasteiger partial charge in [0.05, 0.1) is 19.3 Å². The zero-order chi connectivity index (χ0) is 21.3. The molecule has 1 atom stereocenters. The van der Waals surface area contributed by atoms with Crippen molar-refractivity contribution in [1.29, 1.82) is 0 Å². The number of hydrogen-bond acceptors (Lipinski definition) is 6. The fourth-order valence-corrected chi connectivity index (χ4v) is 3.32. The summed E-state index contributed by atoms with van der Waals surface area (Å²) in [5.74, 6) is -0.900. The SMILES string of the molecule is COc1ccccc1C1C(C(=O)C(C)(C)C)=C(O)C(=O)N1c1ccc(CO)cn1. The van der Waals surface area contributed by atoms with Crippen LogP contribution in [0.2, 0.25) is 0 Å². The summed E-state index contributed by atoms with van der Waals surface area (Å²) >= 11 is 0. The second-order valence-electron chi connectivity index (χ2n) is 7.84. The zero-order valence-corrected chi connectivity index (χ0v) is 16.8. The van der Waals surface area contributed by atoms with Crippen molar-refractivity contribution in [2.75, 3.05) is 12.0 Å². The first-order valence-corrected chi connectivity index (χ1v) is 9.21. The molecule has 0 saturated heterocycles. The summed E-state index contributed by atoms with van der Waals surface area (Å²) in [6.45, 7) is 5.01. The van der Waals surface area contributed by atoms with Gasteiger partial charge in [0.2, 0.25) is 0 Å². The van der Waals surface area contributed by atoms with Gasteiger partial charge in [-0.05, 0) is 17.7 Å². The fourth-order valence-electron chi connectivity index (χ4n) is 3.32. The summed E-state index contributed by atoms with van der Waals surface area (Å²) in [5.41, 5.74) is 0.346. The van der Waals surface area contributed by atoms with Crippen LogP contribution >= 0.6 is 0 Å². The molecule has 29 heavy (non-hydrogen) atoms. The molecular formula is C22H24N2O5. The Bertz CT molecular complexity index is 973. The molecule has 1 aromatic carbocycles. The van der Waals surface area contributed by atoms with Gasteiger partial charge in [-0.3, -0.25) is 14.5 Å². The van der Waals surface area contributed by atoms with Gasteiger partial charge in [-0.2, -0.15) is 0 Å². The third-order valence-electron chi connectivity index (χ3n) is 4.81. The van der Waals surface area contributed by atoms with Crippen LogP contribution in [0, 0.1) is 5.41 Å². The van der Waals surface area contributed by atoms with Gasteiger partial charge < -0.3 is 14.9 Å². The van der Waals surface area contributed by atoms with E-state index in [0.717, 1.165) is 0 Å². The van der Waals surface area contributed by atoms with E-state index in [0.29, 0.717) is 16.9 Å². The van der Waals surface area contributed by atoms with Crippen molar-refractivity contribution in [1.82, 2.24) is 4.98 Å². The number of rotatable bonds is 5. The summed E-state index contributed by atoms with van der Waals surface area (Å²) in [5, 5.41) is 19.9. The van der Waals surface area contributed by atoms with E-state index in [9.17, 15) is 19.8 Å². The number of anilines is 1. The van der Waals surface area contributed by atoms with Crippen LogP contribution < -0.4 is 9.64 Å². The average Bonchev–Trinajstić information content (AvgIpc) is 2.97. The molecule has 1 aromatic heterocycles. The highest BCUT2D eigenvalue weighted by Crippen LogP contribution is 2.45. The molecule has 0 spiro atoms. The Kier molecular flexibility index (Phi) is 5.44. The lowest BCUT2D eigenvalue weighted by Crippen LogP contribution is -2.33. The minimum absolute atomic E-state index is 0.0139. The normalized spacial score (nSPS) is 17.1. The van der Waals surface area contributed by atoms with Crippen LogP contribution in [0.15, 0.2) is 53.9 Å². The average molecular weight is 396 g/mol. The number of nitrogens with zero attached hydrogens (tertiary/aromatic N) is 2. The Morgan fingerprint density at radius 1 is 1.21 bits per heavy atom. The molecule has 0 bridgehead atoms. The molecule has 2 N–H and O–H groups in total. The molecule has 1 aliphatic heterocycles. The smallest absolute Gasteiger partial charge is 0.295 e. The maximum atomic E-state index is 13.2. The first kappa shape index (κ1) is 20.5. The maximum Gasteiger partial charge on any atom is 0.295 e. The number of aliphatic hydroxyl groups excluding tert-OH is 2. The molecular weight excluding hydrogens is 372 g/mol. The van der Waals surface area contributed by atoms with Gasteiger partial charge in [0.25, 0.3) is 5.91 Å². The Hall–Kier alpha value is -3.19. The molecule has 1 amide bonds.